The van der Waals surface area contributed by atoms with E-state index >= 15 is 0 Å². The molecule has 4 aliphatic rings. The van der Waals surface area contributed by atoms with Crippen LogP contribution in [0.4, 0.5) is 15.8 Å². The summed E-state index contributed by atoms with van der Waals surface area (Å²) in [7, 11) is 10.1. The van der Waals surface area contributed by atoms with E-state index in [4.69, 9.17) is 31.0 Å². The number of rotatable bonds is 14. The van der Waals surface area contributed by atoms with Gasteiger partial charge in [0.2, 0.25) is 11.8 Å². The molecule has 3 amide bonds. The van der Waals surface area contributed by atoms with Crippen molar-refractivity contribution in [1.82, 2.24) is 40.0 Å². The molecule has 0 radical (unpaired) electrons. The van der Waals surface area contributed by atoms with E-state index < -0.39 is 42.8 Å². The number of benzene rings is 2. The number of nitrogens with zero attached hydrogens (tertiary/aromatic N) is 7. The zero-order chi connectivity index (χ0) is 59.6. The fourth-order valence-electron chi connectivity index (χ4n) is 10.3. The highest BCUT2D eigenvalue weighted by molar-refractivity contribution is 7.19. The van der Waals surface area contributed by atoms with Gasteiger partial charge in [-0.2, -0.15) is 0 Å². The lowest BCUT2D eigenvalue weighted by Crippen LogP contribution is -2.46. The van der Waals surface area contributed by atoms with Gasteiger partial charge in [0.1, 0.15) is 21.1 Å². The summed E-state index contributed by atoms with van der Waals surface area (Å²) in [5.74, 6) is -6.18. The van der Waals surface area contributed by atoms with Gasteiger partial charge in [-0.1, -0.05) is 26.0 Å². The van der Waals surface area contributed by atoms with E-state index in [2.05, 4.69) is 103 Å². The molecule has 0 bridgehead atoms. The summed E-state index contributed by atoms with van der Waals surface area (Å²) in [6, 6.07) is 15.6. The van der Waals surface area contributed by atoms with E-state index in [0.29, 0.717) is 18.0 Å². The van der Waals surface area contributed by atoms with E-state index in [1.54, 1.807) is 16.2 Å². The second-order valence-corrected chi connectivity index (χ2v) is 23.8. The Balaban J connectivity index is 0.000000190. The minimum atomic E-state index is -1.68. The van der Waals surface area contributed by atoms with Crippen molar-refractivity contribution in [2.24, 2.45) is 11.8 Å². The normalized spacial score (nSPS) is 19.5. The Labute approximate surface area is 478 Å². The number of carboxylic acid groups (broad SMARTS) is 3. The molecule has 0 spiro atoms. The number of hydrogen-bond donors (Lipinski definition) is 6. The summed E-state index contributed by atoms with van der Waals surface area (Å²) in [6.07, 6.45) is 11.5. The van der Waals surface area contributed by atoms with Crippen LogP contribution in [0.25, 0.3) is 20.4 Å². The molecule has 4 fully saturated rings. The second-order valence-electron chi connectivity index (χ2n) is 21.7. The number of ether oxygens (including phenoxy) is 2. The largest absolute Gasteiger partial charge is 0.480 e. The molecule has 81 heavy (non-hydrogen) atoms. The molecule has 2 saturated heterocycles. The number of thiazole rings is 2. The van der Waals surface area contributed by atoms with Crippen LogP contribution in [-0.4, -0.2) is 161 Å². The molecule has 2 aliphatic heterocycles. The summed E-state index contributed by atoms with van der Waals surface area (Å²) in [6.45, 7) is 8.09. The van der Waals surface area contributed by atoms with Crippen LogP contribution in [-0.2, 0) is 30.0 Å². The zero-order valence-corrected chi connectivity index (χ0v) is 48.3. The van der Waals surface area contributed by atoms with Gasteiger partial charge in [-0.15, -0.1) is 22.7 Å². The number of aromatic nitrogens is 4. The number of aromatic carboxylic acids is 2. The number of carboxylic acids is 3. The number of fused-ring (bicyclic) bond motifs is 2. The van der Waals surface area contributed by atoms with Crippen LogP contribution in [0.2, 0.25) is 0 Å². The van der Waals surface area contributed by atoms with Gasteiger partial charge in [-0.25, -0.2) is 34.3 Å². The fourth-order valence-corrected chi connectivity index (χ4v) is 12.7. The van der Waals surface area contributed by atoms with E-state index in [1.165, 1.54) is 78.0 Å². The number of amides is 3. The lowest BCUT2D eigenvalue weighted by atomic mass is 9.89. The number of piperidine rings is 2. The Hall–Kier alpha value is -7.25. The first-order valence-electron chi connectivity index (χ1n) is 27.1. The highest BCUT2D eigenvalue weighted by atomic mass is 32.1. The molecule has 2 aromatic carbocycles. The average molecular weight is 1160 g/mol. The van der Waals surface area contributed by atoms with Gasteiger partial charge in [0.05, 0.1) is 73.0 Å². The quantitative estimate of drug-likeness (QED) is 0.0560. The van der Waals surface area contributed by atoms with E-state index in [-0.39, 0.29) is 51.6 Å². The molecule has 2 aliphatic carbocycles. The van der Waals surface area contributed by atoms with Crippen LogP contribution in [0.15, 0.2) is 60.9 Å². The lowest BCUT2D eigenvalue weighted by Gasteiger charge is -2.38. The van der Waals surface area contributed by atoms with E-state index in [0.717, 1.165) is 79.3 Å². The molecular weight excluding hydrogens is 1080 g/mol. The molecule has 0 unspecified atom stereocenters. The molecule has 10 rings (SSSR count). The predicted molar refractivity (Wildman–Crippen MR) is 308 cm³/mol. The summed E-state index contributed by atoms with van der Waals surface area (Å²) < 4.78 is 27.6. The minimum Gasteiger partial charge on any atom is -0.480 e. The van der Waals surface area contributed by atoms with Crippen molar-refractivity contribution in [3.05, 3.63) is 93.2 Å². The van der Waals surface area contributed by atoms with Gasteiger partial charge in [-0.3, -0.25) is 18.8 Å². The van der Waals surface area contributed by atoms with Crippen molar-refractivity contribution in [2.45, 2.75) is 88.1 Å². The number of nitrogens with one attached hydrogen (secondary N) is 3. The first-order valence-corrected chi connectivity index (χ1v) is 28.1. The van der Waals surface area contributed by atoms with Crippen molar-refractivity contribution in [2.75, 3.05) is 86.4 Å². The molecule has 6 aromatic rings. The molecular formula is C57H71FN10O11S2. The van der Waals surface area contributed by atoms with Crippen molar-refractivity contribution < 1.29 is 59.3 Å². The summed E-state index contributed by atoms with van der Waals surface area (Å²) in [5, 5.41) is 37.3. The lowest BCUT2D eigenvalue weighted by molar-refractivity contribution is -0.147. The minimum absolute atomic E-state index is 0.0457. The topological polar surface area (TPSA) is 279 Å². The van der Waals surface area contributed by atoms with Crippen LogP contribution < -0.4 is 25.4 Å². The number of pyridine rings is 2. The maximum absolute atomic E-state index is 13.4. The van der Waals surface area contributed by atoms with Crippen LogP contribution in [0.3, 0.4) is 0 Å². The molecule has 4 atom stereocenters. The number of likely N-dealkylation sites (N-methyl/N-ethyl adjacent to an activating group) is 2. The Morgan fingerprint density at radius 2 is 1.19 bits per heavy atom. The number of halogens is 1. The number of carbonyl (C=O) groups excluding carboxylic acids is 3. The van der Waals surface area contributed by atoms with Crippen molar-refractivity contribution in [1.29, 1.82) is 0 Å². The van der Waals surface area contributed by atoms with Crippen molar-refractivity contribution in [3.63, 3.8) is 0 Å². The molecule has 21 nitrogen and oxygen atoms in total. The van der Waals surface area contributed by atoms with E-state index in [9.17, 15) is 38.3 Å². The Bertz CT molecular complexity index is 3290. The van der Waals surface area contributed by atoms with Gasteiger partial charge in [-0.05, 0) is 145 Å². The van der Waals surface area contributed by atoms with Crippen LogP contribution in [0.5, 0.6) is 11.8 Å². The maximum Gasteiger partial charge on any atom is 0.394 e. The number of anilines is 2. The molecule has 24 heteroatoms. The molecule has 6 heterocycles. The third-order valence-corrected chi connectivity index (χ3v) is 17.2. The number of methoxy groups -OCH3 is 2. The first-order chi connectivity index (χ1) is 39.0. The molecule has 434 valence electrons. The predicted octanol–water partition coefficient (Wildman–Crippen LogP) is 8.28. The SMILES string of the molecule is COc1ncc(NC(=O)C(=O)N2C[C@@H](C)CC[C@@H]2c2ccc3sc(C4(CN(C)C)CC4)nc3c2)cc1C(=O)O.COc1ncc(NC(=O)C(=O)O)cc1C(=O)O.C[C@H]1CC[C@H](c2ccc3sc(C4(CN(C)C)CC4)nc3c2)NC1.[2H]CF. The Morgan fingerprint density at radius 3 is 1.62 bits per heavy atom. The smallest absolute Gasteiger partial charge is 0.394 e. The third-order valence-electron chi connectivity index (χ3n) is 14.7. The Kier molecular flexibility index (Phi) is 19.6. The highest BCUT2D eigenvalue weighted by Gasteiger charge is 2.48. The molecule has 6 N–H and O–H groups in total. The number of carbonyl (C=O) groups is 6. The number of aliphatic carboxylic acids is 1. The standard InChI is InChI=1S/C28H33N5O5S.C19H27N3S.C9H8N2O6.CH3F/c1-16-5-7-21(17-6-8-22-20(11-17)31-27(39-22)28(9-10-28)15-32(2)3)33(14-16)25(35)23(34)30-18-12-19(26(36)37)24(38-4)29-13-18;1-13-4-6-15(20-11-13)14-5-7-17-16(10-14)21-18(23-17)19(8-9-19)12-22(2)3;1-17-7-5(8(13)14)2-4(3-10-7)11-6(12)9(15)16;1-2/h6,8,11-13,16,21H,5,7,9-10,14-15H2,1-4H3,(H,30,34)(H,36,37);5,7,10,13,15,20H,4,6,8-9,11-12H2,1-3H3;2-3H,1H3,(H,11,12)(H,13,14)(H,15,16);1H3/t16-,21+;13-,15+;;/m00../s1/i;;;1D. The Morgan fingerprint density at radius 1 is 0.716 bits per heavy atom. The van der Waals surface area contributed by atoms with Gasteiger partial charge in [0, 0.05) is 36.5 Å². The first kappa shape index (κ1) is 59.9. The van der Waals surface area contributed by atoms with Crippen molar-refractivity contribution in [3.8, 4) is 11.8 Å². The van der Waals surface area contributed by atoms with Crippen LogP contribution in [0.1, 0.15) is 121 Å². The number of hydrogen-bond acceptors (Lipinski definition) is 17. The van der Waals surface area contributed by atoms with Crippen molar-refractivity contribution >= 4 is 90.1 Å². The van der Waals surface area contributed by atoms with Crippen LogP contribution in [0, 0.1) is 11.8 Å². The third kappa shape index (κ3) is 15.0. The monoisotopic (exact) mass is 1160 g/mol. The number of alkyl halides is 1. The highest BCUT2D eigenvalue weighted by Crippen LogP contribution is 2.52. The summed E-state index contributed by atoms with van der Waals surface area (Å²) in [5.41, 5.74) is 4.56. The van der Waals surface area contributed by atoms with Gasteiger partial charge in [0.15, 0.2) is 0 Å². The fraction of sp³-hybridized carbons (Fsp3) is 0.474. The van der Waals surface area contributed by atoms with E-state index in [1.807, 2.05) is 22.7 Å². The number of likely N-dealkylation sites (tertiary alicyclic amines) is 1. The van der Waals surface area contributed by atoms with Gasteiger partial charge >= 0.3 is 35.6 Å². The summed E-state index contributed by atoms with van der Waals surface area (Å²) >= 11 is 3.65. The maximum atomic E-state index is 13.4. The average Bonchev–Trinajstić information content (AvgIpc) is 3.82. The van der Waals surface area contributed by atoms with Crippen LogP contribution >= 0.6 is 22.7 Å². The molecule has 2 saturated carbocycles. The second kappa shape index (κ2) is 26.6. The van der Waals surface area contributed by atoms with Gasteiger partial charge in [0.25, 0.3) is 0 Å². The zero-order valence-electron chi connectivity index (χ0n) is 47.7. The summed E-state index contributed by atoms with van der Waals surface area (Å²) in [4.78, 5) is 93.6. The van der Waals surface area contributed by atoms with Gasteiger partial charge < -0.3 is 55.4 Å². The molecule has 4 aromatic heterocycles.